The number of nitrogens with zero attached hydrogens (tertiary/aromatic N) is 4. The third-order valence-corrected chi connectivity index (χ3v) is 4.92. The summed E-state index contributed by atoms with van der Waals surface area (Å²) in [6, 6.07) is 15.1. The third-order valence-electron chi connectivity index (χ3n) is 4.67. The Balaban J connectivity index is 1.59. The minimum Gasteiger partial charge on any atom is -0.395 e. The SMILES string of the molecule is OCCNc1cccc(Nc2nc(Nc3ccc(Cl)cc3)nc(N3CCCC3)n2)c1. The standard InChI is InChI=1S/C21H24ClN7O/c22-15-6-8-16(9-7-15)24-19-26-20(28-21(27-19)29-11-1-2-12-29)25-18-5-3-4-17(14-18)23-10-13-30/h3-9,14,23,30H,1-2,10-13H2,(H2,24,25,26,27,28). The maximum Gasteiger partial charge on any atom is 0.233 e. The van der Waals surface area contributed by atoms with Crippen LogP contribution in [0.3, 0.4) is 0 Å². The zero-order chi connectivity index (χ0) is 20.8. The molecule has 9 heteroatoms. The van der Waals surface area contributed by atoms with Crippen LogP contribution in [0.1, 0.15) is 12.8 Å². The summed E-state index contributed by atoms with van der Waals surface area (Å²) in [5.41, 5.74) is 2.59. The van der Waals surface area contributed by atoms with Crippen LogP contribution in [0.2, 0.25) is 5.02 Å². The topological polar surface area (TPSA) is 98.2 Å². The molecule has 0 aliphatic carbocycles. The van der Waals surface area contributed by atoms with Gasteiger partial charge in [0.05, 0.1) is 6.61 Å². The fourth-order valence-corrected chi connectivity index (χ4v) is 3.36. The summed E-state index contributed by atoms with van der Waals surface area (Å²) in [4.78, 5) is 16.0. The van der Waals surface area contributed by atoms with E-state index in [-0.39, 0.29) is 6.61 Å². The molecule has 1 aromatic heterocycles. The van der Waals surface area contributed by atoms with E-state index in [1.165, 1.54) is 0 Å². The van der Waals surface area contributed by atoms with Crippen LogP contribution >= 0.6 is 11.6 Å². The average Bonchev–Trinajstić information content (AvgIpc) is 3.29. The molecule has 1 aliphatic rings. The van der Waals surface area contributed by atoms with Gasteiger partial charge in [-0.3, -0.25) is 0 Å². The molecular weight excluding hydrogens is 402 g/mol. The first-order chi connectivity index (χ1) is 14.7. The normalized spacial score (nSPS) is 13.3. The number of hydrogen-bond acceptors (Lipinski definition) is 8. The lowest BCUT2D eigenvalue weighted by Gasteiger charge is -2.17. The van der Waals surface area contributed by atoms with Crippen LogP contribution < -0.4 is 20.9 Å². The Labute approximate surface area is 180 Å². The minimum atomic E-state index is 0.0735. The van der Waals surface area contributed by atoms with Gasteiger partial charge in [0.15, 0.2) is 0 Å². The van der Waals surface area contributed by atoms with Gasteiger partial charge in [0.2, 0.25) is 17.8 Å². The Morgan fingerprint density at radius 1 is 0.867 bits per heavy atom. The summed E-state index contributed by atoms with van der Waals surface area (Å²) in [6.07, 6.45) is 2.26. The zero-order valence-electron chi connectivity index (χ0n) is 16.5. The number of rotatable bonds is 8. The van der Waals surface area contributed by atoms with Crippen molar-refractivity contribution in [1.82, 2.24) is 15.0 Å². The Morgan fingerprint density at radius 3 is 2.23 bits per heavy atom. The van der Waals surface area contributed by atoms with Crippen LogP contribution in [-0.2, 0) is 0 Å². The lowest BCUT2D eigenvalue weighted by molar-refractivity contribution is 0.311. The minimum absolute atomic E-state index is 0.0735. The van der Waals surface area contributed by atoms with Crippen LogP contribution in [-0.4, -0.2) is 46.3 Å². The zero-order valence-corrected chi connectivity index (χ0v) is 17.2. The predicted molar refractivity (Wildman–Crippen MR) is 121 cm³/mol. The number of anilines is 6. The van der Waals surface area contributed by atoms with E-state index in [1.807, 2.05) is 48.5 Å². The first-order valence-electron chi connectivity index (χ1n) is 9.95. The maximum absolute atomic E-state index is 9.01. The van der Waals surface area contributed by atoms with Gasteiger partial charge < -0.3 is 26.0 Å². The molecule has 2 aromatic carbocycles. The molecule has 0 amide bonds. The number of aromatic nitrogens is 3. The van der Waals surface area contributed by atoms with Crippen molar-refractivity contribution < 1.29 is 5.11 Å². The number of aliphatic hydroxyl groups excluding tert-OH is 1. The quantitative estimate of drug-likeness (QED) is 0.429. The Hall–Kier alpha value is -3.10. The number of aliphatic hydroxyl groups is 1. The van der Waals surface area contributed by atoms with E-state index in [2.05, 4.69) is 35.8 Å². The first kappa shape index (κ1) is 20.2. The Morgan fingerprint density at radius 2 is 1.53 bits per heavy atom. The fraction of sp³-hybridized carbons (Fsp3) is 0.286. The van der Waals surface area contributed by atoms with Gasteiger partial charge in [-0.15, -0.1) is 0 Å². The highest BCUT2D eigenvalue weighted by molar-refractivity contribution is 6.30. The summed E-state index contributed by atoms with van der Waals surface area (Å²) < 4.78 is 0. The van der Waals surface area contributed by atoms with E-state index >= 15 is 0 Å². The van der Waals surface area contributed by atoms with E-state index in [0.29, 0.717) is 29.4 Å². The van der Waals surface area contributed by atoms with Crippen molar-refractivity contribution >= 4 is 46.5 Å². The predicted octanol–water partition coefficient (Wildman–Crippen LogP) is 4.02. The second-order valence-corrected chi connectivity index (χ2v) is 7.40. The van der Waals surface area contributed by atoms with E-state index in [0.717, 1.165) is 43.0 Å². The Kier molecular flexibility index (Phi) is 6.46. The first-order valence-corrected chi connectivity index (χ1v) is 10.3. The average molecular weight is 426 g/mol. The fourth-order valence-electron chi connectivity index (χ4n) is 3.23. The van der Waals surface area contributed by atoms with Crippen LogP contribution in [0.15, 0.2) is 48.5 Å². The van der Waals surface area contributed by atoms with Crippen LogP contribution in [0, 0.1) is 0 Å². The van der Waals surface area contributed by atoms with Crippen LogP contribution in [0.25, 0.3) is 0 Å². The van der Waals surface area contributed by atoms with Gasteiger partial charge in [0.1, 0.15) is 0 Å². The second-order valence-electron chi connectivity index (χ2n) is 6.96. The molecular formula is C21H24ClN7O. The van der Waals surface area contributed by atoms with E-state index in [4.69, 9.17) is 16.7 Å². The van der Waals surface area contributed by atoms with Crippen molar-refractivity contribution in [3.63, 3.8) is 0 Å². The second kappa shape index (κ2) is 9.60. The summed E-state index contributed by atoms with van der Waals surface area (Å²) >= 11 is 5.98. The van der Waals surface area contributed by atoms with Crippen molar-refractivity contribution in [3.8, 4) is 0 Å². The molecule has 0 spiro atoms. The third kappa shape index (κ3) is 5.28. The molecule has 156 valence electrons. The van der Waals surface area contributed by atoms with Crippen LogP contribution in [0.4, 0.5) is 34.9 Å². The van der Waals surface area contributed by atoms with E-state index in [1.54, 1.807) is 0 Å². The number of hydrogen-bond donors (Lipinski definition) is 4. The van der Waals surface area contributed by atoms with E-state index in [9.17, 15) is 0 Å². The van der Waals surface area contributed by atoms with E-state index < -0.39 is 0 Å². The van der Waals surface area contributed by atoms with Crippen LogP contribution in [0.5, 0.6) is 0 Å². The highest BCUT2D eigenvalue weighted by Crippen LogP contribution is 2.24. The maximum atomic E-state index is 9.01. The molecule has 0 bridgehead atoms. The molecule has 1 fully saturated rings. The molecule has 8 nitrogen and oxygen atoms in total. The molecule has 4 rings (SSSR count). The molecule has 0 saturated carbocycles. The summed E-state index contributed by atoms with van der Waals surface area (Å²) in [5.74, 6) is 1.57. The highest BCUT2D eigenvalue weighted by atomic mass is 35.5. The van der Waals surface area contributed by atoms with Gasteiger partial charge >= 0.3 is 0 Å². The number of benzene rings is 2. The largest absolute Gasteiger partial charge is 0.395 e. The van der Waals surface area contributed by atoms with Gasteiger partial charge in [-0.2, -0.15) is 15.0 Å². The summed E-state index contributed by atoms with van der Waals surface area (Å²) in [7, 11) is 0. The van der Waals surface area contributed by atoms with Gasteiger partial charge in [-0.25, -0.2) is 0 Å². The molecule has 1 aliphatic heterocycles. The highest BCUT2D eigenvalue weighted by Gasteiger charge is 2.17. The number of nitrogens with one attached hydrogen (secondary N) is 3. The van der Waals surface area contributed by atoms with Gasteiger partial charge in [-0.1, -0.05) is 17.7 Å². The van der Waals surface area contributed by atoms with Crippen molar-refractivity contribution in [2.75, 3.05) is 47.1 Å². The molecule has 4 N–H and O–H groups in total. The van der Waals surface area contributed by atoms with Gasteiger partial charge in [-0.05, 0) is 55.3 Å². The van der Waals surface area contributed by atoms with Crippen molar-refractivity contribution in [2.45, 2.75) is 12.8 Å². The summed E-state index contributed by atoms with van der Waals surface area (Å²) in [5, 5.41) is 19.3. The van der Waals surface area contributed by atoms with Crippen molar-refractivity contribution in [2.24, 2.45) is 0 Å². The molecule has 0 unspecified atom stereocenters. The van der Waals surface area contributed by atoms with Crippen molar-refractivity contribution in [1.29, 1.82) is 0 Å². The Bertz CT molecular complexity index is 977. The van der Waals surface area contributed by atoms with Gasteiger partial charge in [0, 0.05) is 41.7 Å². The molecule has 1 saturated heterocycles. The monoisotopic (exact) mass is 425 g/mol. The lowest BCUT2D eigenvalue weighted by atomic mass is 10.3. The van der Waals surface area contributed by atoms with Crippen molar-refractivity contribution in [3.05, 3.63) is 53.6 Å². The molecule has 3 aromatic rings. The molecule has 30 heavy (non-hydrogen) atoms. The number of halogens is 1. The molecule has 0 atom stereocenters. The molecule has 2 heterocycles. The summed E-state index contributed by atoms with van der Waals surface area (Å²) in [6.45, 7) is 2.43. The molecule has 0 radical (unpaired) electrons. The van der Waals surface area contributed by atoms with Gasteiger partial charge in [0.25, 0.3) is 0 Å². The smallest absolute Gasteiger partial charge is 0.233 e. The lowest BCUT2D eigenvalue weighted by Crippen LogP contribution is -2.21.